The number of aromatic nitrogens is 2. The molecule has 7 nitrogen and oxygen atoms in total. The van der Waals surface area contributed by atoms with Gasteiger partial charge in [0.1, 0.15) is 0 Å². The normalized spacial score (nSPS) is 18.8. The molecule has 0 saturated carbocycles. The average molecular weight is 287 g/mol. The van der Waals surface area contributed by atoms with Gasteiger partial charge in [0.05, 0.1) is 22.7 Å². The van der Waals surface area contributed by atoms with Gasteiger partial charge < -0.3 is 5.11 Å². The Hall–Kier alpha value is -2.70. The van der Waals surface area contributed by atoms with Gasteiger partial charge in [-0.05, 0) is 24.6 Å². The lowest BCUT2D eigenvalue weighted by molar-refractivity contribution is -0.134. The summed E-state index contributed by atoms with van der Waals surface area (Å²) in [6.45, 7) is 0. The first-order chi connectivity index (χ1) is 9.97. The van der Waals surface area contributed by atoms with E-state index in [1.807, 2.05) is 0 Å². The molecule has 7 heteroatoms. The third-order valence-corrected chi connectivity index (χ3v) is 3.70. The predicted molar refractivity (Wildman–Crippen MR) is 72.8 cm³/mol. The van der Waals surface area contributed by atoms with Gasteiger partial charge in [-0.1, -0.05) is 0 Å². The molecule has 3 rings (SSSR count). The molecule has 108 valence electrons. The second-order valence-electron chi connectivity index (χ2n) is 5.05. The number of nitrogens with zero attached hydrogens (tertiary/aromatic N) is 2. The van der Waals surface area contributed by atoms with Crippen LogP contribution in [0.4, 0.5) is 0 Å². The maximum Gasteiger partial charge on any atom is 0.335 e. The topological polar surface area (TPSA) is 101 Å². The summed E-state index contributed by atoms with van der Waals surface area (Å²) in [6, 6.07) is 4.61. The SMILES string of the molecule is Cn1nc2ccc(C(=O)O)cc2c1C1CCC(=O)NC1=O. The minimum Gasteiger partial charge on any atom is -0.478 e. The summed E-state index contributed by atoms with van der Waals surface area (Å²) in [7, 11) is 1.71. The second kappa shape index (κ2) is 4.69. The zero-order valence-electron chi connectivity index (χ0n) is 11.3. The molecule has 2 N–H and O–H groups in total. The van der Waals surface area contributed by atoms with E-state index in [0.29, 0.717) is 23.0 Å². The van der Waals surface area contributed by atoms with E-state index in [1.165, 1.54) is 12.1 Å². The van der Waals surface area contributed by atoms with Crippen LogP contribution in [0.3, 0.4) is 0 Å². The molecule has 1 aliphatic heterocycles. The number of rotatable bonds is 2. The van der Waals surface area contributed by atoms with Gasteiger partial charge in [-0.15, -0.1) is 0 Å². The number of aromatic carboxylic acids is 1. The molecule has 1 aromatic carbocycles. The molecule has 1 atom stereocenters. The van der Waals surface area contributed by atoms with Gasteiger partial charge in [0.2, 0.25) is 11.8 Å². The summed E-state index contributed by atoms with van der Waals surface area (Å²) in [4.78, 5) is 34.4. The highest BCUT2D eigenvalue weighted by Crippen LogP contribution is 2.31. The van der Waals surface area contributed by atoms with E-state index in [0.717, 1.165) is 0 Å². The molecule has 0 bridgehead atoms. The van der Waals surface area contributed by atoms with Crippen molar-refractivity contribution in [3.05, 3.63) is 29.5 Å². The summed E-state index contributed by atoms with van der Waals surface area (Å²) in [5, 5.41) is 16.3. The standard InChI is InChI=1S/C14H13N3O4/c1-17-12(8-3-5-11(18)15-13(8)19)9-6-7(14(20)21)2-4-10(9)16-17/h2,4,6,8H,3,5H2,1H3,(H,20,21)(H,15,18,19). The Kier molecular flexibility index (Phi) is 2.97. The molecule has 0 spiro atoms. The Morgan fingerprint density at radius 2 is 2.19 bits per heavy atom. The quantitative estimate of drug-likeness (QED) is 0.795. The van der Waals surface area contributed by atoms with Crippen molar-refractivity contribution in [3.63, 3.8) is 0 Å². The van der Waals surface area contributed by atoms with E-state index in [-0.39, 0.29) is 23.8 Å². The Labute approximate surface area is 119 Å². The highest BCUT2D eigenvalue weighted by atomic mass is 16.4. The number of imide groups is 1. The molecule has 1 aromatic heterocycles. The van der Waals surface area contributed by atoms with Gasteiger partial charge in [0.15, 0.2) is 0 Å². The minimum absolute atomic E-state index is 0.143. The number of hydrogen-bond donors (Lipinski definition) is 2. The number of amides is 2. The van der Waals surface area contributed by atoms with E-state index in [2.05, 4.69) is 10.4 Å². The summed E-state index contributed by atoms with van der Waals surface area (Å²) in [5.41, 5.74) is 1.41. The molecule has 2 aromatic rings. The maximum absolute atomic E-state index is 12.0. The number of fused-ring (bicyclic) bond motifs is 1. The smallest absolute Gasteiger partial charge is 0.335 e. The predicted octanol–water partition coefficient (Wildman–Crippen LogP) is 0.792. The van der Waals surface area contributed by atoms with E-state index >= 15 is 0 Å². The van der Waals surface area contributed by atoms with Crippen LogP contribution in [0.1, 0.15) is 34.8 Å². The number of hydrogen-bond acceptors (Lipinski definition) is 4. The Morgan fingerprint density at radius 3 is 2.86 bits per heavy atom. The second-order valence-corrected chi connectivity index (χ2v) is 5.05. The molecule has 0 aliphatic carbocycles. The molecular formula is C14H13N3O4. The lowest BCUT2D eigenvalue weighted by atomic mass is 9.92. The van der Waals surface area contributed by atoms with Crippen molar-refractivity contribution in [2.24, 2.45) is 7.05 Å². The Balaban J connectivity index is 2.14. The molecule has 1 aliphatic rings. The van der Waals surface area contributed by atoms with Crippen LogP contribution < -0.4 is 5.32 Å². The Bertz CT molecular complexity index is 778. The van der Waals surface area contributed by atoms with Crippen LogP contribution in [0.15, 0.2) is 18.2 Å². The maximum atomic E-state index is 12.0. The highest BCUT2D eigenvalue weighted by molar-refractivity contribution is 6.03. The third kappa shape index (κ3) is 2.16. The summed E-state index contributed by atoms with van der Waals surface area (Å²) in [5.74, 6) is -2.18. The Morgan fingerprint density at radius 1 is 1.43 bits per heavy atom. The van der Waals surface area contributed by atoms with Crippen molar-refractivity contribution in [3.8, 4) is 0 Å². The minimum atomic E-state index is -1.03. The fourth-order valence-electron chi connectivity index (χ4n) is 2.72. The number of carbonyl (C=O) groups is 3. The lowest BCUT2D eigenvalue weighted by Gasteiger charge is -2.21. The number of carboxylic acids is 1. The van der Waals surface area contributed by atoms with Crippen molar-refractivity contribution in [2.75, 3.05) is 0 Å². The van der Waals surface area contributed by atoms with E-state index < -0.39 is 11.9 Å². The zero-order valence-corrected chi connectivity index (χ0v) is 11.3. The van der Waals surface area contributed by atoms with Crippen molar-refractivity contribution in [1.29, 1.82) is 0 Å². The number of benzene rings is 1. The number of carboxylic acid groups (broad SMARTS) is 1. The van der Waals surface area contributed by atoms with Gasteiger partial charge in [0.25, 0.3) is 0 Å². The fraction of sp³-hybridized carbons (Fsp3) is 0.286. The van der Waals surface area contributed by atoms with Gasteiger partial charge in [0, 0.05) is 18.9 Å². The lowest BCUT2D eigenvalue weighted by Crippen LogP contribution is -2.40. The van der Waals surface area contributed by atoms with E-state index in [9.17, 15) is 14.4 Å². The van der Waals surface area contributed by atoms with Gasteiger partial charge in [-0.3, -0.25) is 19.6 Å². The average Bonchev–Trinajstić information content (AvgIpc) is 2.74. The van der Waals surface area contributed by atoms with Gasteiger partial charge in [-0.2, -0.15) is 5.10 Å². The first kappa shape index (κ1) is 13.3. The molecule has 1 fully saturated rings. The van der Waals surface area contributed by atoms with Crippen molar-refractivity contribution >= 4 is 28.7 Å². The number of nitrogens with one attached hydrogen (secondary N) is 1. The van der Waals surface area contributed by atoms with Crippen molar-refractivity contribution in [2.45, 2.75) is 18.8 Å². The molecular weight excluding hydrogens is 274 g/mol. The number of carbonyl (C=O) groups excluding carboxylic acids is 2. The van der Waals surface area contributed by atoms with Crippen LogP contribution in [-0.2, 0) is 16.6 Å². The van der Waals surface area contributed by atoms with Crippen LogP contribution in [0.5, 0.6) is 0 Å². The van der Waals surface area contributed by atoms with Gasteiger partial charge >= 0.3 is 5.97 Å². The zero-order chi connectivity index (χ0) is 15.1. The molecule has 1 saturated heterocycles. The third-order valence-electron chi connectivity index (χ3n) is 3.70. The molecule has 21 heavy (non-hydrogen) atoms. The van der Waals surface area contributed by atoms with Crippen LogP contribution >= 0.6 is 0 Å². The van der Waals surface area contributed by atoms with Crippen LogP contribution in [0.2, 0.25) is 0 Å². The molecule has 0 radical (unpaired) electrons. The molecule has 1 unspecified atom stereocenters. The first-order valence-corrected chi connectivity index (χ1v) is 6.51. The summed E-state index contributed by atoms with van der Waals surface area (Å²) < 4.78 is 1.58. The number of aryl methyl sites for hydroxylation is 1. The van der Waals surface area contributed by atoms with Crippen molar-refractivity contribution < 1.29 is 19.5 Å². The monoisotopic (exact) mass is 287 g/mol. The van der Waals surface area contributed by atoms with Crippen LogP contribution in [0, 0.1) is 0 Å². The van der Waals surface area contributed by atoms with Gasteiger partial charge in [-0.25, -0.2) is 4.79 Å². The van der Waals surface area contributed by atoms with E-state index in [1.54, 1.807) is 17.8 Å². The summed E-state index contributed by atoms with van der Waals surface area (Å²) in [6.07, 6.45) is 0.665. The largest absolute Gasteiger partial charge is 0.478 e. The van der Waals surface area contributed by atoms with Crippen LogP contribution in [0.25, 0.3) is 10.9 Å². The van der Waals surface area contributed by atoms with Crippen LogP contribution in [-0.4, -0.2) is 32.7 Å². The first-order valence-electron chi connectivity index (χ1n) is 6.51. The van der Waals surface area contributed by atoms with Crippen molar-refractivity contribution in [1.82, 2.24) is 15.1 Å². The highest BCUT2D eigenvalue weighted by Gasteiger charge is 2.31. The molecule has 2 heterocycles. The van der Waals surface area contributed by atoms with E-state index in [4.69, 9.17) is 5.11 Å². The fourth-order valence-corrected chi connectivity index (χ4v) is 2.72. The number of piperidine rings is 1. The molecule has 2 amide bonds. The summed E-state index contributed by atoms with van der Waals surface area (Å²) >= 11 is 0.